The summed E-state index contributed by atoms with van der Waals surface area (Å²) in [4.78, 5) is 4.03. The van der Waals surface area contributed by atoms with E-state index in [9.17, 15) is 4.39 Å². The fraction of sp³-hybridized carbons (Fsp3) is 0.800. The molecule has 0 amide bonds. The molecular formula is C10H15FN2O2. The maximum Gasteiger partial charge on any atom is 0.264 e. The maximum atomic E-state index is 13.5. The minimum Gasteiger partial charge on any atom is -0.396 e. The molecule has 15 heavy (non-hydrogen) atoms. The Bertz CT molecular complexity index is 323. The van der Waals surface area contributed by atoms with E-state index in [2.05, 4.69) is 10.1 Å². The summed E-state index contributed by atoms with van der Waals surface area (Å²) >= 11 is 0. The van der Waals surface area contributed by atoms with Crippen LogP contribution in [0.3, 0.4) is 0 Å². The van der Waals surface area contributed by atoms with E-state index >= 15 is 0 Å². The Balaban J connectivity index is 1.80. The smallest absolute Gasteiger partial charge is 0.264 e. The second kappa shape index (κ2) is 4.26. The number of aryl methyl sites for hydroxylation is 1. The van der Waals surface area contributed by atoms with Gasteiger partial charge in [0.2, 0.25) is 0 Å². The van der Waals surface area contributed by atoms with Crippen LogP contribution < -0.4 is 0 Å². The third-order valence-electron chi connectivity index (χ3n) is 2.60. The number of hydrogen-bond acceptors (Lipinski definition) is 4. The van der Waals surface area contributed by atoms with Crippen molar-refractivity contribution in [1.29, 1.82) is 0 Å². The van der Waals surface area contributed by atoms with Gasteiger partial charge in [0, 0.05) is 13.0 Å². The fourth-order valence-electron chi connectivity index (χ4n) is 1.43. The lowest BCUT2D eigenvalue weighted by atomic mass is 10.2. The zero-order valence-electron chi connectivity index (χ0n) is 8.58. The fourth-order valence-corrected chi connectivity index (χ4v) is 1.43. The molecular weight excluding hydrogens is 199 g/mol. The molecule has 1 N–H and O–H groups in total. The van der Waals surface area contributed by atoms with Crippen molar-refractivity contribution in [3.8, 4) is 0 Å². The first-order valence-electron chi connectivity index (χ1n) is 5.37. The Hall–Kier alpha value is -0.970. The molecule has 5 heteroatoms. The molecule has 1 heterocycles. The molecule has 0 bridgehead atoms. The van der Waals surface area contributed by atoms with Crippen molar-refractivity contribution in [3.63, 3.8) is 0 Å². The lowest BCUT2D eigenvalue weighted by Gasteiger charge is -1.94. The molecule has 0 radical (unpaired) electrons. The largest absolute Gasteiger partial charge is 0.396 e. The van der Waals surface area contributed by atoms with Gasteiger partial charge in [0.25, 0.3) is 5.89 Å². The summed E-state index contributed by atoms with van der Waals surface area (Å²) < 4.78 is 18.3. The molecule has 0 unspecified atom stereocenters. The minimum absolute atomic E-state index is 0.139. The van der Waals surface area contributed by atoms with Crippen LogP contribution in [0.4, 0.5) is 4.39 Å². The predicted octanol–water partition coefficient (Wildman–Crippen LogP) is 1.73. The summed E-state index contributed by atoms with van der Waals surface area (Å²) in [6.07, 6.45) is 4.32. The molecule has 1 aliphatic carbocycles. The zero-order chi connectivity index (χ0) is 10.7. The van der Waals surface area contributed by atoms with Gasteiger partial charge in [-0.05, 0) is 25.7 Å². The molecule has 84 valence electrons. The summed E-state index contributed by atoms with van der Waals surface area (Å²) in [5.41, 5.74) is -1.32. The molecule has 1 fully saturated rings. The maximum absolute atomic E-state index is 13.5. The number of aliphatic hydroxyl groups excluding tert-OH is 1. The van der Waals surface area contributed by atoms with Crippen molar-refractivity contribution in [2.45, 2.75) is 44.2 Å². The van der Waals surface area contributed by atoms with E-state index in [0.717, 1.165) is 19.3 Å². The summed E-state index contributed by atoms with van der Waals surface area (Å²) in [6.45, 7) is 0.213. The van der Waals surface area contributed by atoms with Gasteiger partial charge in [-0.2, -0.15) is 4.98 Å². The molecule has 0 aromatic carbocycles. The highest BCUT2D eigenvalue weighted by Crippen LogP contribution is 2.48. The highest BCUT2D eigenvalue weighted by atomic mass is 19.1. The first-order valence-corrected chi connectivity index (χ1v) is 5.37. The van der Waals surface area contributed by atoms with E-state index in [4.69, 9.17) is 9.63 Å². The SMILES string of the molecule is OCCCCCc1noc(C2(F)CC2)n1. The van der Waals surface area contributed by atoms with Crippen LogP contribution in [0.15, 0.2) is 4.52 Å². The molecule has 1 aliphatic rings. The number of hydrogen-bond donors (Lipinski definition) is 1. The normalized spacial score (nSPS) is 18.0. The van der Waals surface area contributed by atoms with Crippen molar-refractivity contribution in [1.82, 2.24) is 10.1 Å². The molecule has 4 nitrogen and oxygen atoms in total. The Morgan fingerprint density at radius 2 is 2.13 bits per heavy atom. The van der Waals surface area contributed by atoms with E-state index in [-0.39, 0.29) is 12.5 Å². The van der Waals surface area contributed by atoms with E-state index in [0.29, 0.717) is 25.1 Å². The molecule has 0 saturated heterocycles. The van der Waals surface area contributed by atoms with Gasteiger partial charge < -0.3 is 9.63 Å². The highest BCUT2D eigenvalue weighted by Gasteiger charge is 2.50. The van der Waals surface area contributed by atoms with Gasteiger partial charge in [0.1, 0.15) is 0 Å². The quantitative estimate of drug-likeness (QED) is 0.733. The number of rotatable bonds is 6. The van der Waals surface area contributed by atoms with Crippen molar-refractivity contribution in [2.24, 2.45) is 0 Å². The second-order valence-electron chi connectivity index (χ2n) is 4.02. The topological polar surface area (TPSA) is 59.2 Å². The second-order valence-corrected chi connectivity index (χ2v) is 4.02. The van der Waals surface area contributed by atoms with E-state index in [1.165, 1.54) is 0 Å². The van der Waals surface area contributed by atoms with Crippen LogP contribution in [0.2, 0.25) is 0 Å². The van der Waals surface area contributed by atoms with E-state index < -0.39 is 5.67 Å². The summed E-state index contributed by atoms with van der Waals surface area (Å²) in [6, 6.07) is 0. The Morgan fingerprint density at radius 1 is 1.33 bits per heavy atom. The van der Waals surface area contributed by atoms with Crippen LogP contribution >= 0.6 is 0 Å². The number of aliphatic hydroxyl groups is 1. The number of alkyl halides is 1. The summed E-state index contributed by atoms with van der Waals surface area (Å²) in [5, 5.41) is 12.3. The summed E-state index contributed by atoms with van der Waals surface area (Å²) in [7, 11) is 0. The van der Waals surface area contributed by atoms with E-state index in [1.54, 1.807) is 0 Å². The van der Waals surface area contributed by atoms with Crippen LogP contribution in [0.25, 0.3) is 0 Å². The van der Waals surface area contributed by atoms with Gasteiger partial charge in [-0.3, -0.25) is 0 Å². The Morgan fingerprint density at radius 3 is 2.80 bits per heavy atom. The molecule has 2 rings (SSSR count). The Kier molecular flexibility index (Phi) is 3.00. The first kappa shape index (κ1) is 10.5. The van der Waals surface area contributed by atoms with Crippen molar-refractivity contribution in [3.05, 3.63) is 11.7 Å². The number of halogens is 1. The van der Waals surface area contributed by atoms with Gasteiger partial charge in [0.15, 0.2) is 11.5 Å². The van der Waals surface area contributed by atoms with Crippen LogP contribution in [0, 0.1) is 0 Å². The van der Waals surface area contributed by atoms with Crippen molar-refractivity contribution in [2.75, 3.05) is 6.61 Å². The van der Waals surface area contributed by atoms with E-state index in [1.807, 2.05) is 0 Å². The molecule has 0 atom stereocenters. The predicted molar refractivity (Wildman–Crippen MR) is 51.0 cm³/mol. The minimum atomic E-state index is -1.32. The Labute approximate surface area is 87.5 Å². The average molecular weight is 214 g/mol. The number of unbranched alkanes of at least 4 members (excludes halogenated alkanes) is 2. The third-order valence-corrected chi connectivity index (χ3v) is 2.60. The lowest BCUT2D eigenvalue weighted by molar-refractivity contribution is 0.225. The molecule has 1 saturated carbocycles. The first-order chi connectivity index (χ1) is 7.24. The van der Waals surface area contributed by atoms with Crippen LogP contribution in [0.1, 0.15) is 43.8 Å². The van der Waals surface area contributed by atoms with Gasteiger partial charge >= 0.3 is 0 Å². The molecule has 0 aliphatic heterocycles. The number of nitrogens with zero attached hydrogens (tertiary/aromatic N) is 2. The third kappa shape index (κ3) is 2.53. The van der Waals surface area contributed by atoms with Crippen molar-refractivity contribution >= 4 is 0 Å². The molecule has 1 aromatic rings. The van der Waals surface area contributed by atoms with Gasteiger partial charge in [-0.25, -0.2) is 4.39 Å². The van der Waals surface area contributed by atoms with Gasteiger partial charge in [-0.1, -0.05) is 11.6 Å². The average Bonchev–Trinajstić information content (AvgIpc) is 2.82. The molecule has 1 aromatic heterocycles. The zero-order valence-corrected chi connectivity index (χ0v) is 8.58. The van der Waals surface area contributed by atoms with Gasteiger partial charge in [0.05, 0.1) is 0 Å². The van der Waals surface area contributed by atoms with Crippen LogP contribution in [-0.4, -0.2) is 21.9 Å². The number of aromatic nitrogens is 2. The van der Waals surface area contributed by atoms with Crippen molar-refractivity contribution < 1.29 is 14.0 Å². The van der Waals surface area contributed by atoms with Gasteiger partial charge in [-0.15, -0.1) is 0 Å². The van der Waals surface area contributed by atoms with Crippen LogP contribution in [-0.2, 0) is 12.1 Å². The van der Waals surface area contributed by atoms with Crippen LogP contribution in [0.5, 0.6) is 0 Å². The summed E-state index contributed by atoms with van der Waals surface area (Å²) in [5.74, 6) is 0.714. The standard InChI is InChI=1S/C10H15FN2O2/c11-10(5-6-10)9-12-8(13-15-9)4-2-1-3-7-14/h14H,1-7H2. The lowest BCUT2D eigenvalue weighted by Crippen LogP contribution is -1.98. The molecule has 0 spiro atoms. The highest BCUT2D eigenvalue weighted by molar-refractivity contribution is 5.08. The monoisotopic (exact) mass is 214 g/mol.